The second-order valence-corrected chi connectivity index (χ2v) is 7.24. The highest BCUT2D eigenvalue weighted by Gasteiger charge is 2.41. The van der Waals surface area contributed by atoms with Crippen molar-refractivity contribution in [1.29, 1.82) is 0 Å². The maximum absolute atomic E-state index is 13.7. The van der Waals surface area contributed by atoms with Crippen molar-refractivity contribution in [3.05, 3.63) is 68.5 Å². The van der Waals surface area contributed by atoms with Crippen LogP contribution in [0, 0.1) is 12.3 Å². The van der Waals surface area contributed by atoms with E-state index < -0.39 is 47.3 Å². The molecule has 0 N–H and O–H groups in total. The first-order valence-corrected chi connectivity index (χ1v) is 10.0. The summed E-state index contributed by atoms with van der Waals surface area (Å²) in [5.41, 5.74) is -4.90. The van der Waals surface area contributed by atoms with Crippen molar-refractivity contribution in [3.63, 3.8) is 0 Å². The third-order valence-electron chi connectivity index (χ3n) is 5.00. The minimum absolute atomic E-state index is 0.0480. The number of aromatic nitrogens is 2. The molecule has 0 unspecified atom stereocenters. The molecule has 0 aliphatic carbocycles. The zero-order chi connectivity index (χ0) is 24.9. The van der Waals surface area contributed by atoms with Gasteiger partial charge in [0, 0.05) is 25.3 Å². The molecule has 1 saturated heterocycles. The van der Waals surface area contributed by atoms with Crippen LogP contribution in [0.4, 0.5) is 13.2 Å². The Bertz CT molecular complexity index is 1170. The van der Waals surface area contributed by atoms with Crippen molar-refractivity contribution >= 4 is 5.91 Å². The first-order chi connectivity index (χ1) is 16.2. The number of ether oxygens (including phenoxy) is 4. The van der Waals surface area contributed by atoms with Crippen LogP contribution in [-0.2, 0) is 25.1 Å². The topological polar surface area (TPSA) is 98.0 Å². The van der Waals surface area contributed by atoms with Gasteiger partial charge in [0.15, 0.2) is 0 Å². The van der Waals surface area contributed by atoms with Crippen LogP contribution in [-0.4, -0.2) is 54.4 Å². The predicted octanol–water partition coefficient (Wildman–Crippen LogP) is 1.64. The molecule has 0 radical (unpaired) electrons. The van der Waals surface area contributed by atoms with E-state index in [0.29, 0.717) is 10.8 Å². The molecule has 182 valence electrons. The molecule has 2 heterocycles. The molecule has 9 nitrogen and oxygen atoms in total. The second-order valence-electron chi connectivity index (χ2n) is 7.24. The van der Waals surface area contributed by atoms with E-state index in [-0.39, 0.29) is 36.6 Å². The minimum atomic E-state index is -5.13. The number of benzene rings is 1. The molecule has 2 aromatic rings. The summed E-state index contributed by atoms with van der Waals surface area (Å²) in [7, 11) is 1.40. The molecule has 12 heteroatoms. The van der Waals surface area contributed by atoms with Crippen molar-refractivity contribution in [2.75, 3.05) is 27.1 Å². The van der Waals surface area contributed by atoms with Crippen LogP contribution < -0.4 is 11.2 Å². The Labute approximate surface area is 191 Å². The zero-order valence-corrected chi connectivity index (χ0v) is 18.0. The van der Waals surface area contributed by atoms with E-state index in [1.54, 1.807) is 6.07 Å². The van der Waals surface area contributed by atoms with Crippen LogP contribution in [0.15, 0.2) is 46.1 Å². The third-order valence-corrected chi connectivity index (χ3v) is 5.00. The largest absolute Gasteiger partial charge is 0.423 e. The van der Waals surface area contributed by atoms with Crippen LogP contribution in [0.3, 0.4) is 0 Å². The van der Waals surface area contributed by atoms with Gasteiger partial charge >= 0.3 is 11.9 Å². The number of alkyl halides is 3. The van der Waals surface area contributed by atoms with Gasteiger partial charge in [0.2, 0.25) is 0 Å². The van der Waals surface area contributed by atoms with Crippen molar-refractivity contribution < 1.29 is 36.9 Å². The Kier molecular flexibility index (Phi) is 8.06. The molecule has 1 aliphatic heterocycles. The first-order valence-electron chi connectivity index (χ1n) is 10.0. The highest BCUT2D eigenvalue weighted by molar-refractivity contribution is 5.95. The Morgan fingerprint density at radius 3 is 2.59 bits per heavy atom. The molecular formula is C22H21F3N2O7. The number of methoxy groups -OCH3 is 1. The molecule has 1 aromatic carbocycles. The summed E-state index contributed by atoms with van der Waals surface area (Å²) in [6.07, 6.45) is -2.49. The van der Waals surface area contributed by atoms with Crippen LogP contribution in [0.5, 0.6) is 0 Å². The van der Waals surface area contributed by atoms with E-state index in [9.17, 15) is 27.6 Å². The van der Waals surface area contributed by atoms with Crippen LogP contribution >= 0.6 is 0 Å². The molecule has 0 amide bonds. The smallest absolute Gasteiger partial charge is 0.363 e. The highest BCUT2D eigenvalue weighted by atomic mass is 19.4. The molecule has 34 heavy (non-hydrogen) atoms. The highest BCUT2D eigenvalue weighted by Crippen LogP contribution is 2.32. The number of nitrogens with zero attached hydrogens (tertiary/aromatic N) is 2. The van der Waals surface area contributed by atoms with Crippen molar-refractivity contribution in [2.24, 2.45) is 0 Å². The summed E-state index contributed by atoms with van der Waals surface area (Å²) in [4.78, 5) is 38.5. The van der Waals surface area contributed by atoms with Crippen molar-refractivity contribution in [1.82, 2.24) is 9.13 Å². The average Bonchev–Trinajstić information content (AvgIpc) is 3.20. The number of hydrogen-bond donors (Lipinski definition) is 0. The number of rotatable bonds is 8. The summed E-state index contributed by atoms with van der Waals surface area (Å²) >= 11 is 0. The number of hydrogen-bond acceptors (Lipinski definition) is 7. The summed E-state index contributed by atoms with van der Waals surface area (Å²) in [6.45, 7) is -0.264. The molecule has 1 aromatic heterocycles. The zero-order valence-electron chi connectivity index (χ0n) is 18.0. The molecule has 3 atom stereocenters. The standard InChI is InChI=1S/C22H21F3N2O7/c1-3-9-33-16-10-18(34-17(16)12-32-13-31-2)26-11-15(22(23,24)25)20(29)27(21(26)30)19(28)14-7-5-4-6-8-14/h1,4-8,11,16-18H,9-10,12-13H2,2H3/t16-,17+,18+/m0/s1. The van der Waals surface area contributed by atoms with E-state index >= 15 is 0 Å². The van der Waals surface area contributed by atoms with Crippen molar-refractivity contribution in [3.8, 4) is 12.3 Å². The van der Waals surface area contributed by atoms with Gasteiger partial charge in [-0.05, 0) is 12.1 Å². The SMILES string of the molecule is C#CCO[C@H]1C[C@H](n2cc(C(F)(F)F)c(=O)n(C(=O)c3ccccc3)c2=O)O[C@@H]1COCOC. The summed E-state index contributed by atoms with van der Waals surface area (Å²) < 4.78 is 62.8. The number of carbonyl (C=O) groups is 1. The lowest BCUT2D eigenvalue weighted by atomic mass is 10.2. The van der Waals surface area contributed by atoms with Gasteiger partial charge < -0.3 is 18.9 Å². The lowest BCUT2D eigenvalue weighted by Gasteiger charge is -2.19. The van der Waals surface area contributed by atoms with E-state index in [0.717, 1.165) is 0 Å². The number of carbonyl (C=O) groups excluding carboxylic acids is 1. The third kappa shape index (κ3) is 5.45. The molecule has 1 fully saturated rings. The quantitative estimate of drug-likeness (QED) is 0.321. The fourth-order valence-corrected chi connectivity index (χ4v) is 3.46. The lowest BCUT2D eigenvalue weighted by molar-refractivity contribution is -0.140. The predicted molar refractivity (Wildman–Crippen MR) is 111 cm³/mol. The number of halogens is 3. The lowest BCUT2D eigenvalue weighted by Crippen LogP contribution is -2.47. The van der Waals surface area contributed by atoms with E-state index in [4.69, 9.17) is 25.4 Å². The Hall–Kier alpha value is -3.24. The van der Waals surface area contributed by atoms with Gasteiger partial charge in [0.25, 0.3) is 11.5 Å². The van der Waals surface area contributed by atoms with Gasteiger partial charge in [-0.15, -0.1) is 6.42 Å². The second kappa shape index (κ2) is 10.8. The van der Waals surface area contributed by atoms with Gasteiger partial charge in [-0.3, -0.25) is 14.2 Å². The Morgan fingerprint density at radius 2 is 1.97 bits per heavy atom. The molecule has 0 saturated carbocycles. The maximum atomic E-state index is 13.7. The maximum Gasteiger partial charge on any atom is 0.423 e. The van der Waals surface area contributed by atoms with E-state index in [2.05, 4.69) is 5.92 Å². The van der Waals surface area contributed by atoms with Gasteiger partial charge in [-0.2, -0.15) is 17.7 Å². The Morgan fingerprint density at radius 1 is 1.26 bits per heavy atom. The van der Waals surface area contributed by atoms with Gasteiger partial charge in [-0.1, -0.05) is 24.1 Å². The molecule has 0 bridgehead atoms. The molecule has 0 spiro atoms. The summed E-state index contributed by atoms with van der Waals surface area (Å²) in [6, 6.07) is 7.01. The van der Waals surface area contributed by atoms with Crippen LogP contribution in [0.2, 0.25) is 0 Å². The van der Waals surface area contributed by atoms with Crippen molar-refractivity contribution in [2.45, 2.75) is 31.0 Å². The normalized spacial score (nSPS) is 20.3. The monoisotopic (exact) mass is 482 g/mol. The first kappa shape index (κ1) is 25.4. The minimum Gasteiger partial charge on any atom is -0.363 e. The number of terminal acetylenes is 1. The van der Waals surface area contributed by atoms with Crippen LogP contribution in [0.25, 0.3) is 0 Å². The van der Waals surface area contributed by atoms with Gasteiger partial charge in [0.05, 0.1) is 12.7 Å². The van der Waals surface area contributed by atoms with Gasteiger partial charge in [-0.25, -0.2) is 4.79 Å². The van der Waals surface area contributed by atoms with Crippen LogP contribution in [0.1, 0.15) is 28.6 Å². The molecular weight excluding hydrogens is 461 g/mol. The molecule has 3 rings (SSSR count). The summed E-state index contributed by atoms with van der Waals surface area (Å²) in [5, 5.41) is 0. The summed E-state index contributed by atoms with van der Waals surface area (Å²) in [5.74, 6) is 1.08. The average molecular weight is 482 g/mol. The van der Waals surface area contributed by atoms with E-state index in [1.165, 1.54) is 31.4 Å². The Balaban J connectivity index is 2.07. The fraction of sp³-hybridized carbons (Fsp3) is 0.409. The molecule has 1 aliphatic rings. The van der Waals surface area contributed by atoms with Gasteiger partial charge in [0.1, 0.15) is 31.3 Å². The fourth-order valence-electron chi connectivity index (χ4n) is 3.46. The van der Waals surface area contributed by atoms with E-state index in [1.807, 2.05) is 0 Å².